The van der Waals surface area contributed by atoms with Crippen LogP contribution in [0.5, 0.6) is 0 Å². The number of carbonyl (C=O) groups excluding carboxylic acids is 1. The van der Waals surface area contributed by atoms with E-state index in [1.165, 1.54) is 18.3 Å². The van der Waals surface area contributed by atoms with Gasteiger partial charge in [-0.15, -0.1) is 0 Å². The van der Waals surface area contributed by atoms with Crippen molar-refractivity contribution in [1.29, 1.82) is 0 Å². The van der Waals surface area contributed by atoms with Gasteiger partial charge in [-0.05, 0) is 6.42 Å². The van der Waals surface area contributed by atoms with Crippen LogP contribution in [-0.4, -0.2) is 28.9 Å². The van der Waals surface area contributed by atoms with Gasteiger partial charge in [0.15, 0.2) is 0 Å². The van der Waals surface area contributed by atoms with Gasteiger partial charge in [0.1, 0.15) is 5.82 Å². The molecule has 0 fully saturated rings. The van der Waals surface area contributed by atoms with Crippen molar-refractivity contribution in [3.05, 3.63) is 28.4 Å². The van der Waals surface area contributed by atoms with Gasteiger partial charge >= 0.3 is 0 Å². The van der Waals surface area contributed by atoms with E-state index in [1.807, 2.05) is 6.92 Å². The molecule has 0 bridgehead atoms. The summed E-state index contributed by atoms with van der Waals surface area (Å²) >= 11 is 0. The molecule has 7 nitrogen and oxygen atoms in total. The van der Waals surface area contributed by atoms with Crippen molar-refractivity contribution in [3.63, 3.8) is 0 Å². The maximum absolute atomic E-state index is 11.3. The molecular formula is C10H14N4O3. The summed E-state index contributed by atoms with van der Waals surface area (Å²) in [6.07, 6.45) is 2.19. The lowest BCUT2D eigenvalue weighted by molar-refractivity contribution is -0.384. The van der Waals surface area contributed by atoms with Crippen LogP contribution < -0.4 is 10.6 Å². The molecule has 7 heteroatoms. The number of aromatic nitrogens is 1. The smallest absolute Gasteiger partial charge is 0.274 e. The lowest BCUT2D eigenvalue weighted by Crippen LogP contribution is -2.30. The standard InChI is InChI=1S/C10H14N4O3/c1-2-4-12-10(15)7-13-9-6-8(14(16)17)3-5-11-9/h3,5-6H,2,4,7H2,1H3,(H,11,13)(H,12,15). The summed E-state index contributed by atoms with van der Waals surface area (Å²) in [7, 11) is 0. The van der Waals surface area contributed by atoms with Gasteiger partial charge < -0.3 is 10.6 Å². The number of nitrogens with zero attached hydrogens (tertiary/aromatic N) is 2. The third-order valence-electron chi connectivity index (χ3n) is 1.96. The SMILES string of the molecule is CCCNC(=O)CNc1cc([N+](=O)[O-])ccn1. The van der Waals surface area contributed by atoms with E-state index in [9.17, 15) is 14.9 Å². The third kappa shape index (κ3) is 4.45. The Morgan fingerprint density at radius 1 is 1.59 bits per heavy atom. The molecule has 0 aliphatic rings. The van der Waals surface area contributed by atoms with Crippen molar-refractivity contribution in [1.82, 2.24) is 10.3 Å². The Morgan fingerprint density at radius 2 is 2.35 bits per heavy atom. The van der Waals surface area contributed by atoms with Crippen LogP contribution in [0, 0.1) is 10.1 Å². The minimum absolute atomic E-state index is 0.0498. The summed E-state index contributed by atoms with van der Waals surface area (Å²) in [6.45, 7) is 2.62. The van der Waals surface area contributed by atoms with Crippen LogP contribution in [0.4, 0.5) is 11.5 Å². The molecule has 0 radical (unpaired) electrons. The van der Waals surface area contributed by atoms with Crippen molar-refractivity contribution < 1.29 is 9.72 Å². The largest absolute Gasteiger partial charge is 0.361 e. The molecule has 0 aliphatic heterocycles. The lowest BCUT2D eigenvalue weighted by atomic mass is 10.4. The van der Waals surface area contributed by atoms with Gasteiger partial charge in [0, 0.05) is 18.8 Å². The van der Waals surface area contributed by atoms with Gasteiger partial charge in [0.05, 0.1) is 17.5 Å². The molecule has 0 saturated heterocycles. The number of amides is 1. The highest BCUT2D eigenvalue weighted by atomic mass is 16.6. The quantitative estimate of drug-likeness (QED) is 0.567. The van der Waals surface area contributed by atoms with Crippen LogP contribution in [-0.2, 0) is 4.79 Å². The highest BCUT2D eigenvalue weighted by molar-refractivity contribution is 5.80. The molecule has 0 aromatic carbocycles. The zero-order valence-electron chi connectivity index (χ0n) is 9.47. The van der Waals surface area contributed by atoms with E-state index in [-0.39, 0.29) is 18.1 Å². The Labute approximate surface area is 98.4 Å². The number of pyridine rings is 1. The van der Waals surface area contributed by atoms with E-state index >= 15 is 0 Å². The van der Waals surface area contributed by atoms with Crippen LogP contribution >= 0.6 is 0 Å². The predicted molar refractivity (Wildman–Crippen MR) is 62.7 cm³/mol. The minimum Gasteiger partial charge on any atom is -0.361 e. The average molecular weight is 238 g/mol. The van der Waals surface area contributed by atoms with Crippen LogP contribution in [0.15, 0.2) is 18.3 Å². The molecule has 2 N–H and O–H groups in total. The van der Waals surface area contributed by atoms with Gasteiger partial charge in [0.25, 0.3) is 5.69 Å². The van der Waals surface area contributed by atoms with Crippen molar-refractivity contribution in [3.8, 4) is 0 Å². The Kier molecular flexibility index (Phi) is 4.86. The fourth-order valence-electron chi connectivity index (χ4n) is 1.13. The van der Waals surface area contributed by atoms with E-state index in [0.29, 0.717) is 12.4 Å². The van der Waals surface area contributed by atoms with Crippen molar-refractivity contribution in [2.75, 3.05) is 18.4 Å². The third-order valence-corrected chi connectivity index (χ3v) is 1.96. The number of anilines is 1. The van der Waals surface area contributed by atoms with Gasteiger partial charge in [-0.1, -0.05) is 6.92 Å². The molecule has 0 unspecified atom stereocenters. The van der Waals surface area contributed by atoms with Crippen LogP contribution in [0.1, 0.15) is 13.3 Å². The van der Waals surface area contributed by atoms with E-state index in [2.05, 4.69) is 15.6 Å². The number of carbonyl (C=O) groups is 1. The minimum atomic E-state index is -0.510. The zero-order chi connectivity index (χ0) is 12.7. The number of rotatable bonds is 6. The van der Waals surface area contributed by atoms with Crippen molar-refractivity contribution >= 4 is 17.4 Å². The normalized spacial score (nSPS) is 9.71. The van der Waals surface area contributed by atoms with Crippen LogP contribution in [0.25, 0.3) is 0 Å². The highest BCUT2D eigenvalue weighted by Gasteiger charge is 2.07. The summed E-state index contributed by atoms with van der Waals surface area (Å²) in [5.41, 5.74) is -0.0588. The molecular weight excluding hydrogens is 224 g/mol. The maximum atomic E-state index is 11.3. The molecule has 1 aromatic rings. The molecule has 0 spiro atoms. The molecule has 1 aromatic heterocycles. The summed E-state index contributed by atoms with van der Waals surface area (Å²) in [6, 6.07) is 2.58. The van der Waals surface area contributed by atoms with E-state index in [1.54, 1.807) is 0 Å². The van der Waals surface area contributed by atoms with Gasteiger partial charge in [0.2, 0.25) is 5.91 Å². The van der Waals surface area contributed by atoms with Gasteiger partial charge in [-0.2, -0.15) is 0 Å². The molecule has 1 amide bonds. The fourth-order valence-corrected chi connectivity index (χ4v) is 1.13. The van der Waals surface area contributed by atoms with E-state index < -0.39 is 4.92 Å². The number of hydrogen-bond donors (Lipinski definition) is 2. The molecule has 0 saturated carbocycles. The first-order chi connectivity index (χ1) is 8.13. The van der Waals surface area contributed by atoms with Crippen molar-refractivity contribution in [2.24, 2.45) is 0 Å². The Hall–Kier alpha value is -2.18. The molecule has 17 heavy (non-hydrogen) atoms. The van der Waals surface area contributed by atoms with Crippen LogP contribution in [0.3, 0.4) is 0 Å². The summed E-state index contributed by atoms with van der Waals surface area (Å²) < 4.78 is 0. The second-order valence-corrected chi connectivity index (χ2v) is 3.36. The predicted octanol–water partition coefficient (Wildman–Crippen LogP) is 0.928. The molecule has 1 heterocycles. The Bertz CT molecular complexity index is 408. The summed E-state index contributed by atoms with van der Waals surface area (Å²) in [5.74, 6) is 0.144. The van der Waals surface area contributed by atoms with Gasteiger partial charge in [-0.25, -0.2) is 4.98 Å². The van der Waals surface area contributed by atoms with Crippen LogP contribution in [0.2, 0.25) is 0 Å². The second-order valence-electron chi connectivity index (χ2n) is 3.36. The molecule has 0 aliphatic carbocycles. The summed E-state index contributed by atoms with van der Waals surface area (Å²) in [5, 5.41) is 15.9. The summed E-state index contributed by atoms with van der Waals surface area (Å²) in [4.78, 5) is 25.1. The maximum Gasteiger partial charge on any atom is 0.274 e. The average Bonchev–Trinajstić information content (AvgIpc) is 2.34. The monoisotopic (exact) mass is 238 g/mol. The molecule has 0 atom stereocenters. The number of nitrogens with one attached hydrogen (secondary N) is 2. The van der Waals surface area contributed by atoms with E-state index in [0.717, 1.165) is 6.42 Å². The van der Waals surface area contributed by atoms with E-state index in [4.69, 9.17) is 0 Å². The van der Waals surface area contributed by atoms with Gasteiger partial charge in [-0.3, -0.25) is 14.9 Å². The number of hydrogen-bond acceptors (Lipinski definition) is 5. The zero-order valence-corrected chi connectivity index (χ0v) is 9.47. The molecule has 92 valence electrons. The first-order valence-corrected chi connectivity index (χ1v) is 5.24. The Balaban J connectivity index is 2.49. The topological polar surface area (TPSA) is 97.2 Å². The first kappa shape index (κ1) is 12.9. The Morgan fingerprint density at radius 3 is 3.00 bits per heavy atom. The molecule has 1 rings (SSSR count). The van der Waals surface area contributed by atoms with Crippen molar-refractivity contribution in [2.45, 2.75) is 13.3 Å². The number of nitro groups is 1. The second kappa shape index (κ2) is 6.41. The highest BCUT2D eigenvalue weighted by Crippen LogP contribution is 2.13. The lowest BCUT2D eigenvalue weighted by Gasteiger charge is -2.05. The first-order valence-electron chi connectivity index (χ1n) is 5.24. The fraction of sp³-hybridized carbons (Fsp3) is 0.400.